The van der Waals surface area contributed by atoms with Gasteiger partial charge in [0.1, 0.15) is 6.07 Å². The van der Waals surface area contributed by atoms with E-state index in [9.17, 15) is 0 Å². The van der Waals surface area contributed by atoms with Gasteiger partial charge in [0.2, 0.25) is 0 Å². The Labute approximate surface area is 114 Å². The van der Waals surface area contributed by atoms with E-state index in [1.165, 1.54) is 0 Å². The second kappa shape index (κ2) is 5.23. The minimum atomic E-state index is 0.637. The number of benzene rings is 1. The van der Waals surface area contributed by atoms with Crippen molar-refractivity contribution in [1.82, 2.24) is 9.78 Å². The second-order valence-electron chi connectivity index (χ2n) is 4.04. The van der Waals surface area contributed by atoms with Crippen LogP contribution in [0.15, 0.2) is 28.9 Å². The van der Waals surface area contributed by atoms with Crippen molar-refractivity contribution in [2.24, 2.45) is 7.05 Å². The number of hydrogen-bond acceptors (Lipinski definition) is 3. The molecule has 0 saturated heterocycles. The molecule has 2 aromatic rings. The zero-order chi connectivity index (χ0) is 13.1. The SMILES string of the molecule is Cc1c(CNc2ccc(C#N)c(Br)c2)cnn1C. The van der Waals surface area contributed by atoms with E-state index in [1.54, 1.807) is 6.07 Å². The van der Waals surface area contributed by atoms with Gasteiger partial charge in [-0.2, -0.15) is 10.4 Å². The summed E-state index contributed by atoms with van der Waals surface area (Å²) in [5.74, 6) is 0. The summed E-state index contributed by atoms with van der Waals surface area (Å²) in [6, 6.07) is 7.72. The van der Waals surface area contributed by atoms with Crippen molar-refractivity contribution in [3.63, 3.8) is 0 Å². The number of hydrogen-bond donors (Lipinski definition) is 1. The highest BCUT2D eigenvalue weighted by Crippen LogP contribution is 2.21. The quantitative estimate of drug-likeness (QED) is 0.948. The van der Waals surface area contributed by atoms with Crippen LogP contribution in [-0.4, -0.2) is 9.78 Å². The zero-order valence-corrected chi connectivity index (χ0v) is 11.8. The van der Waals surface area contributed by atoms with Crippen molar-refractivity contribution >= 4 is 21.6 Å². The number of nitriles is 1. The Hall–Kier alpha value is -1.80. The van der Waals surface area contributed by atoms with Crippen LogP contribution in [0.4, 0.5) is 5.69 Å². The van der Waals surface area contributed by atoms with E-state index in [-0.39, 0.29) is 0 Å². The molecule has 0 aliphatic carbocycles. The highest BCUT2D eigenvalue weighted by atomic mass is 79.9. The average molecular weight is 305 g/mol. The Kier molecular flexibility index (Phi) is 3.68. The van der Waals surface area contributed by atoms with Crippen LogP contribution in [0.5, 0.6) is 0 Å². The Morgan fingerprint density at radius 1 is 1.50 bits per heavy atom. The third-order valence-electron chi connectivity index (χ3n) is 2.91. The van der Waals surface area contributed by atoms with Crippen LogP contribution in [0.25, 0.3) is 0 Å². The van der Waals surface area contributed by atoms with Gasteiger partial charge in [0.15, 0.2) is 0 Å². The maximum atomic E-state index is 8.84. The van der Waals surface area contributed by atoms with Gasteiger partial charge >= 0.3 is 0 Å². The largest absolute Gasteiger partial charge is 0.381 e. The lowest BCUT2D eigenvalue weighted by Gasteiger charge is -2.07. The highest BCUT2D eigenvalue weighted by molar-refractivity contribution is 9.10. The van der Waals surface area contributed by atoms with E-state index < -0.39 is 0 Å². The molecule has 0 unspecified atom stereocenters. The number of halogens is 1. The van der Waals surface area contributed by atoms with Crippen LogP contribution in [0.1, 0.15) is 16.8 Å². The fourth-order valence-electron chi connectivity index (χ4n) is 1.63. The molecule has 0 atom stereocenters. The molecule has 4 nitrogen and oxygen atoms in total. The van der Waals surface area contributed by atoms with Crippen molar-refractivity contribution in [2.75, 3.05) is 5.32 Å². The summed E-state index contributed by atoms with van der Waals surface area (Å²) in [5, 5.41) is 16.4. The predicted octanol–water partition coefficient (Wildman–Crippen LogP) is 2.97. The van der Waals surface area contributed by atoms with Gasteiger partial charge < -0.3 is 5.32 Å². The van der Waals surface area contributed by atoms with Crippen LogP contribution < -0.4 is 5.32 Å². The molecule has 1 heterocycles. The van der Waals surface area contributed by atoms with Crippen molar-refractivity contribution in [1.29, 1.82) is 5.26 Å². The summed E-state index contributed by atoms with van der Waals surface area (Å²) in [4.78, 5) is 0. The molecule has 0 amide bonds. The van der Waals surface area contributed by atoms with Gasteiger partial charge in [0.25, 0.3) is 0 Å². The highest BCUT2D eigenvalue weighted by Gasteiger charge is 2.04. The van der Waals surface area contributed by atoms with Gasteiger partial charge in [-0.1, -0.05) is 0 Å². The molecule has 2 rings (SSSR count). The molecule has 92 valence electrons. The first-order valence-electron chi connectivity index (χ1n) is 5.53. The lowest BCUT2D eigenvalue weighted by atomic mass is 10.2. The molecule has 0 aliphatic rings. The monoisotopic (exact) mass is 304 g/mol. The van der Waals surface area contributed by atoms with E-state index in [1.807, 2.05) is 37.0 Å². The molecule has 1 aromatic heterocycles. The minimum absolute atomic E-state index is 0.637. The molecule has 0 aliphatic heterocycles. The van der Waals surface area contributed by atoms with E-state index >= 15 is 0 Å². The lowest BCUT2D eigenvalue weighted by Crippen LogP contribution is -2.01. The fourth-order valence-corrected chi connectivity index (χ4v) is 2.10. The van der Waals surface area contributed by atoms with Gasteiger partial charge in [0.05, 0.1) is 11.8 Å². The van der Waals surface area contributed by atoms with E-state index in [2.05, 4.69) is 32.4 Å². The number of rotatable bonds is 3. The standard InChI is InChI=1S/C13H13BrN4/c1-9-11(8-17-18(9)2)7-16-12-4-3-10(6-15)13(14)5-12/h3-5,8,16H,7H2,1-2H3. The third kappa shape index (κ3) is 2.54. The van der Waals surface area contributed by atoms with Crippen LogP contribution in [-0.2, 0) is 13.6 Å². The summed E-state index contributed by atoms with van der Waals surface area (Å²) in [5.41, 5.74) is 3.93. The van der Waals surface area contributed by atoms with Gasteiger partial charge in [-0.15, -0.1) is 0 Å². The molecule has 0 bridgehead atoms. The topological polar surface area (TPSA) is 53.6 Å². The Morgan fingerprint density at radius 2 is 2.28 bits per heavy atom. The first kappa shape index (κ1) is 12.7. The first-order chi connectivity index (χ1) is 8.61. The van der Waals surface area contributed by atoms with Gasteiger partial charge in [-0.05, 0) is 41.1 Å². The van der Waals surface area contributed by atoms with E-state index in [4.69, 9.17) is 5.26 Å². The van der Waals surface area contributed by atoms with Crippen molar-refractivity contribution in [3.05, 3.63) is 45.7 Å². The Morgan fingerprint density at radius 3 is 2.83 bits per heavy atom. The number of anilines is 1. The average Bonchev–Trinajstić information content (AvgIpc) is 2.68. The van der Waals surface area contributed by atoms with Gasteiger partial charge in [-0.25, -0.2) is 0 Å². The summed E-state index contributed by atoms with van der Waals surface area (Å²) in [6.07, 6.45) is 1.86. The predicted molar refractivity (Wildman–Crippen MR) is 74.1 cm³/mol. The molecule has 0 radical (unpaired) electrons. The molecule has 18 heavy (non-hydrogen) atoms. The fraction of sp³-hybridized carbons (Fsp3) is 0.231. The minimum Gasteiger partial charge on any atom is -0.381 e. The van der Waals surface area contributed by atoms with Crippen LogP contribution in [0.3, 0.4) is 0 Å². The zero-order valence-electron chi connectivity index (χ0n) is 10.2. The molecule has 1 N–H and O–H groups in total. The number of aromatic nitrogens is 2. The Balaban J connectivity index is 2.09. The molecular formula is C13H13BrN4. The summed E-state index contributed by atoms with van der Waals surface area (Å²) < 4.78 is 2.66. The smallest absolute Gasteiger partial charge is 0.100 e. The normalized spacial score (nSPS) is 10.1. The molecule has 0 spiro atoms. The van der Waals surface area contributed by atoms with E-state index in [0.29, 0.717) is 5.56 Å². The molecule has 1 aromatic carbocycles. The van der Waals surface area contributed by atoms with Gasteiger partial charge in [-0.3, -0.25) is 4.68 Å². The number of aryl methyl sites for hydroxylation is 1. The van der Waals surface area contributed by atoms with Crippen molar-refractivity contribution in [2.45, 2.75) is 13.5 Å². The molecule has 0 fully saturated rings. The number of nitrogens with zero attached hydrogens (tertiary/aromatic N) is 3. The van der Waals surface area contributed by atoms with Crippen molar-refractivity contribution < 1.29 is 0 Å². The molecular weight excluding hydrogens is 292 g/mol. The van der Waals surface area contributed by atoms with Crippen LogP contribution >= 0.6 is 15.9 Å². The van der Waals surface area contributed by atoms with E-state index in [0.717, 1.165) is 28.0 Å². The van der Waals surface area contributed by atoms with Crippen molar-refractivity contribution in [3.8, 4) is 6.07 Å². The summed E-state index contributed by atoms with van der Waals surface area (Å²) in [7, 11) is 1.93. The summed E-state index contributed by atoms with van der Waals surface area (Å²) in [6.45, 7) is 2.76. The lowest BCUT2D eigenvalue weighted by molar-refractivity contribution is 0.738. The van der Waals surface area contributed by atoms with Gasteiger partial charge in [0, 0.05) is 35.0 Å². The van der Waals surface area contributed by atoms with Crippen LogP contribution in [0.2, 0.25) is 0 Å². The van der Waals surface area contributed by atoms with Crippen LogP contribution in [0, 0.1) is 18.3 Å². The molecule has 5 heteroatoms. The molecule has 0 saturated carbocycles. The maximum Gasteiger partial charge on any atom is 0.100 e. The summed E-state index contributed by atoms with van der Waals surface area (Å²) >= 11 is 3.37. The Bertz CT molecular complexity index is 610. The first-order valence-corrected chi connectivity index (χ1v) is 6.32. The second-order valence-corrected chi connectivity index (χ2v) is 4.89. The number of nitrogens with one attached hydrogen (secondary N) is 1. The third-order valence-corrected chi connectivity index (χ3v) is 3.57. The maximum absolute atomic E-state index is 8.84.